The van der Waals surface area contributed by atoms with E-state index in [2.05, 4.69) is 48.0 Å². The number of hydrogen-bond acceptors (Lipinski definition) is 15. The number of halogens is 1. The predicted octanol–water partition coefficient (Wildman–Crippen LogP) is 4.59. The number of anilines is 7. The number of piperazine rings is 1. The first-order chi connectivity index (χ1) is 32.0. The number of carbonyl (C=O) groups excluding carboxylic acids is 5. The molecule has 0 spiro atoms. The van der Waals surface area contributed by atoms with Crippen molar-refractivity contribution < 1.29 is 37.1 Å². The van der Waals surface area contributed by atoms with Gasteiger partial charge in [0.15, 0.2) is 5.82 Å². The molecule has 3 aromatic carbocycles. The molecule has 0 aliphatic carbocycles. The molecule has 8 rings (SSSR count). The fraction of sp³-hybridized carbons (Fsp3) is 0.413. The van der Waals surface area contributed by atoms with Crippen molar-refractivity contribution in [1.82, 2.24) is 30.0 Å². The van der Waals surface area contributed by atoms with Crippen LogP contribution in [0.1, 0.15) is 58.9 Å². The first kappa shape index (κ1) is 47.0. The van der Waals surface area contributed by atoms with Gasteiger partial charge in [-0.05, 0) is 74.9 Å². The first-order valence-corrected chi connectivity index (χ1v) is 24.4. The van der Waals surface area contributed by atoms with Gasteiger partial charge in [0.25, 0.3) is 11.8 Å². The number of aromatic nitrogens is 2. The molecular formula is C46H54ClN11O8S. The molecule has 4 aliphatic rings. The van der Waals surface area contributed by atoms with Crippen molar-refractivity contribution in [2.75, 3.05) is 91.4 Å². The number of rotatable bonds is 14. The highest BCUT2D eigenvalue weighted by Gasteiger charge is 2.46. The third kappa shape index (κ3) is 9.96. The Morgan fingerprint density at radius 1 is 0.940 bits per heavy atom. The number of hydrogen-bond donors (Lipinski definition) is 4. The third-order valence-electron chi connectivity index (χ3n) is 12.9. The standard InChI is InChI=1S/C46H54ClN11O8S/c1-27-23-34(51-46-48-25-31(47)41(53-46)50-32-10-6-7-12-35(32)54(3)67(5,64)65)38(66-4)24-37(27)56-17-15-29(16-18-56)26-55-19-21-57(22-20-55)43(61)28(2)49-33-11-8-9-30-40(33)45(63)58(44(30)62)36-13-14-39(59)52-42(36)60/h6-12,23-25,28-29,36,49H,13-22,26H2,1-5H3,(H,52,59,60)(H2,48,50,51,53)/t28-,36?/m0/s1. The summed E-state index contributed by atoms with van der Waals surface area (Å²) in [6, 6.07) is 14.0. The maximum atomic E-state index is 13.7. The van der Waals surface area contributed by atoms with E-state index < -0.39 is 45.7 Å². The highest BCUT2D eigenvalue weighted by molar-refractivity contribution is 7.92. The van der Waals surface area contributed by atoms with Crippen LogP contribution >= 0.6 is 11.6 Å². The van der Waals surface area contributed by atoms with Gasteiger partial charge >= 0.3 is 0 Å². The lowest BCUT2D eigenvalue weighted by Crippen LogP contribution is -2.54. The van der Waals surface area contributed by atoms with Crippen LogP contribution < -0.4 is 35.2 Å². The number of fused-ring (bicyclic) bond motifs is 1. The minimum atomic E-state index is -3.52. The van der Waals surface area contributed by atoms with Gasteiger partial charge in [-0.3, -0.25) is 43.4 Å². The van der Waals surface area contributed by atoms with Gasteiger partial charge in [0.2, 0.25) is 33.7 Å². The van der Waals surface area contributed by atoms with Crippen LogP contribution in [0.2, 0.25) is 5.02 Å². The normalized spacial score (nSPS) is 18.7. The largest absolute Gasteiger partial charge is 0.494 e. The number of nitrogens with zero attached hydrogens (tertiary/aromatic N) is 7. The second-order valence-corrected chi connectivity index (χ2v) is 19.7. The van der Waals surface area contributed by atoms with E-state index in [9.17, 15) is 32.4 Å². The zero-order valence-electron chi connectivity index (χ0n) is 38.0. The van der Waals surface area contributed by atoms with E-state index >= 15 is 0 Å². The van der Waals surface area contributed by atoms with E-state index in [0.29, 0.717) is 47.5 Å². The fourth-order valence-corrected chi connectivity index (χ4v) is 9.81. The summed E-state index contributed by atoms with van der Waals surface area (Å²) in [5.74, 6) is -0.810. The number of imide groups is 2. The molecule has 2 atom stereocenters. The average Bonchev–Trinajstić information content (AvgIpc) is 3.56. The Hall–Kier alpha value is -6.51. The number of sulfonamides is 1. The lowest BCUT2D eigenvalue weighted by atomic mass is 9.95. The van der Waals surface area contributed by atoms with Gasteiger partial charge in [-0.1, -0.05) is 29.8 Å². The van der Waals surface area contributed by atoms with E-state index in [-0.39, 0.29) is 46.7 Å². The SMILES string of the molecule is COc1cc(N2CCC(CN3CCN(C(=O)[C@H](C)Nc4cccc5c4C(=O)N(C4CCC(=O)NC4=O)C5=O)CC3)CC2)c(C)cc1Nc1ncc(Cl)c(Nc2ccccc2N(C)S(C)(=O)=O)n1. The number of nitrogens with one attached hydrogen (secondary N) is 4. The summed E-state index contributed by atoms with van der Waals surface area (Å²) in [7, 11) is -0.437. The van der Waals surface area contributed by atoms with Crippen molar-refractivity contribution in [3.05, 3.63) is 82.5 Å². The van der Waals surface area contributed by atoms with Crippen molar-refractivity contribution in [2.45, 2.75) is 51.6 Å². The van der Waals surface area contributed by atoms with Gasteiger partial charge in [-0.25, -0.2) is 13.4 Å². The second-order valence-electron chi connectivity index (χ2n) is 17.3. The van der Waals surface area contributed by atoms with Crippen molar-refractivity contribution >= 4 is 91.4 Å². The number of methoxy groups -OCH3 is 1. The predicted molar refractivity (Wildman–Crippen MR) is 255 cm³/mol. The van der Waals surface area contributed by atoms with E-state index in [4.69, 9.17) is 16.3 Å². The maximum absolute atomic E-state index is 13.7. The Kier molecular flexibility index (Phi) is 13.6. The summed E-state index contributed by atoms with van der Waals surface area (Å²) in [6.45, 7) is 9.06. The van der Waals surface area contributed by atoms with Gasteiger partial charge in [0.1, 0.15) is 22.9 Å². The van der Waals surface area contributed by atoms with E-state index in [1.807, 2.05) is 17.0 Å². The van der Waals surface area contributed by atoms with Gasteiger partial charge < -0.3 is 30.5 Å². The highest BCUT2D eigenvalue weighted by Crippen LogP contribution is 2.38. The van der Waals surface area contributed by atoms with Gasteiger partial charge in [-0.2, -0.15) is 4.98 Å². The molecule has 1 aromatic heterocycles. The van der Waals surface area contributed by atoms with Gasteiger partial charge in [0, 0.05) is 76.7 Å². The van der Waals surface area contributed by atoms with Crippen molar-refractivity contribution in [3.8, 4) is 5.75 Å². The number of amides is 5. The van der Waals surface area contributed by atoms with E-state index in [1.54, 1.807) is 50.4 Å². The topological polar surface area (TPSA) is 219 Å². The lowest BCUT2D eigenvalue weighted by Gasteiger charge is -2.40. The molecule has 67 heavy (non-hydrogen) atoms. The Labute approximate surface area is 394 Å². The molecule has 0 radical (unpaired) electrons. The first-order valence-electron chi connectivity index (χ1n) is 22.2. The molecule has 354 valence electrons. The number of piperidine rings is 2. The van der Waals surface area contributed by atoms with Crippen LogP contribution in [0.15, 0.2) is 60.8 Å². The quantitative estimate of drug-likeness (QED) is 0.127. The molecule has 4 N–H and O–H groups in total. The van der Waals surface area contributed by atoms with Crippen LogP contribution in [0, 0.1) is 12.8 Å². The van der Waals surface area contributed by atoms with Crippen LogP contribution in [0.4, 0.5) is 40.2 Å². The summed E-state index contributed by atoms with van der Waals surface area (Å²) >= 11 is 6.50. The lowest BCUT2D eigenvalue weighted by molar-refractivity contribution is -0.136. The van der Waals surface area contributed by atoms with Crippen LogP contribution in [0.3, 0.4) is 0 Å². The molecule has 4 aromatic rings. The van der Waals surface area contributed by atoms with Crippen LogP contribution in [-0.2, 0) is 24.4 Å². The number of aryl methyl sites for hydroxylation is 1. The smallest absolute Gasteiger partial charge is 0.264 e. The Morgan fingerprint density at radius 3 is 2.36 bits per heavy atom. The molecule has 0 bridgehead atoms. The number of para-hydroxylation sites is 2. The minimum absolute atomic E-state index is 0.0278. The number of benzene rings is 3. The molecule has 21 heteroatoms. The van der Waals surface area contributed by atoms with Crippen molar-refractivity contribution in [1.29, 1.82) is 0 Å². The van der Waals surface area contributed by atoms with Crippen LogP contribution in [0.5, 0.6) is 5.75 Å². The van der Waals surface area contributed by atoms with E-state index in [0.717, 1.165) is 68.0 Å². The summed E-state index contributed by atoms with van der Waals surface area (Å²) in [5, 5.41) is 12.1. The molecule has 5 amide bonds. The highest BCUT2D eigenvalue weighted by atomic mass is 35.5. The van der Waals surface area contributed by atoms with Crippen LogP contribution in [-0.4, -0.2) is 141 Å². The average molecular weight is 957 g/mol. The van der Waals surface area contributed by atoms with Crippen LogP contribution in [0.25, 0.3) is 0 Å². The molecule has 4 aliphatic heterocycles. The monoisotopic (exact) mass is 955 g/mol. The summed E-state index contributed by atoms with van der Waals surface area (Å²) in [6.07, 6.45) is 4.69. The summed E-state index contributed by atoms with van der Waals surface area (Å²) < 4.78 is 31.6. The summed E-state index contributed by atoms with van der Waals surface area (Å²) in [5.41, 5.74) is 4.32. The Morgan fingerprint density at radius 2 is 1.66 bits per heavy atom. The van der Waals surface area contributed by atoms with Crippen molar-refractivity contribution in [2.24, 2.45) is 5.92 Å². The maximum Gasteiger partial charge on any atom is 0.264 e. The van der Waals surface area contributed by atoms with Gasteiger partial charge in [-0.15, -0.1) is 0 Å². The van der Waals surface area contributed by atoms with E-state index in [1.165, 1.54) is 23.6 Å². The number of carbonyl (C=O) groups is 5. The molecular weight excluding hydrogens is 902 g/mol. The molecule has 19 nitrogen and oxygen atoms in total. The fourth-order valence-electron chi connectivity index (χ4n) is 9.16. The Bertz CT molecular complexity index is 2730. The minimum Gasteiger partial charge on any atom is -0.494 e. The molecule has 3 saturated heterocycles. The molecule has 5 heterocycles. The molecule has 3 fully saturated rings. The molecule has 0 saturated carbocycles. The zero-order chi connectivity index (χ0) is 47.7. The molecule has 1 unspecified atom stereocenters. The van der Waals surface area contributed by atoms with Gasteiger partial charge in [0.05, 0.1) is 47.8 Å². The van der Waals surface area contributed by atoms with Crippen molar-refractivity contribution in [3.63, 3.8) is 0 Å². The summed E-state index contributed by atoms with van der Waals surface area (Å²) in [4.78, 5) is 81.3. The number of ether oxygens (including phenoxy) is 1. The second kappa shape index (κ2) is 19.4. The third-order valence-corrected chi connectivity index (χ3v) is 14.3. The zero-order valence-corrected chi connectivity index (χ0v) is 39.5. The Balaban J connectivity index is 0.826.